The highest BCUT2D eigenvalue weighted by Gasteiger charge is 2.51. The van der Waals surface area contributed by atoms with E-state index in [1.807, 2.05) is 0 Å². The fourth-order valence-corrected chi connectivity index (χ4v) is 5.97. The first-order valence-electron chi connectivity index (χ1n) is 13.2. The highest BCUT2D eigenvalue weighted by molar-refractivity contribution is 6.10. The van der Waals surface area contributed by atoms with Crippen molar-refractivity contribution in [2.45, 2.75) is 63.1 Å². The van der Waals surface area contributed by atoms with E-state index < -0.39 is 35.8 Å². The van der Waals surface area contributed by atoms with E-state index in [0.717, 1.165) is 25.5 Å². The number of carbonyl (C=O) groups excluding carboxylic acids is 1. The normalized spacial score (nSPS) is 22.6. The van der Waals surface area contributed by atoms with Gasteiger partial charge in [0.1, 0.15) is 12.2 Å². The fraction of sp³-hybridized carbons (Fsp3) is 0.464. The molecule has 1 amide bonds. The summed E-state index contributed by atoms with van der Waals surface area (Å²) >= 11 is 0. The molecular formula is C28H28F5N5O2. The molecule has 0 atom stereocenters. The van der Waals surface area contributed by atoms with E-state index >= 15 is 0 Å². The number of halogens is 5. The summed E-state index contributed by atoms with van der Waals surface area (Å²) < 4.78 is 74.5. The Kier molecular flexibility index (Phi) is 6.65. The molecule has 2 saturated carbocycles. The van der Waals surface area contributed by atoms with Crippen LogP contribution in [0.1, 0.15) is 64.1 Å². The number of aromatic nitrogens is 3. The molecule has 40 heavy (non-hydrogen) atoms. The molecule has 1 aliphatic heterocycles. The Morgan fingerprint density at radius 3 is 2.60 bits per heavy atom. The summed E-state index contributed by atoms with van der Waals surface area (Å²) in [6.45, 7) is -2.15. The number of ether oxygens (including phenoxy) is 1. The molecule has 2 fully saturated rings. The minimum absolute atomic E-state index is 0.0421. The van der Waals surface area contributed by atoms with Crippen molar-refractivity contribution in [2.24, 2.45) is 13.0 Å². The average molecular weight is 562 g/mol. The summed E-state index contributed by atoms with van der Waals surface area (Å²) in [5.74, 6) is 0.609. The van der Waals surface area contributed by atoms with E-state index in [1.165, 1.54) is 11.2 Å². The number of aryl methyl sites for hydroxylation is 1. The molecule has 12 heteroatoms. The number of carbonyl (C=O) groups is 1. The maximum absolute atomic E-state index is 14.1. The van der Waals surface area contributed by atoms with E-state index in [-0.39, 0.29) is 37.1 Å². The summed E-state index contributed by atoms with van der Waals surface area (Å²) in [5, 5.41) is 11.4. The Labute approximate surface area is 227 Å². The van der Waals surface area contributed by atoms with Crippen molar-refractivity contribution in [1.29, 1.82) is 0 Å². The van der Waals surface area contributed by atoms with E-state index in [0.29, 0.717) is 28.6 Å². The van der Waals surface area contributed by atoms with Crippen LogP contribution >= 0.6 is 0 Å². The third-order valence-corrected chi connectivity index (χ3v) is 8.16. The van der Waals surface area contributed by atoms with Crippen molar-refractivity contribution in [1.82, 2.24) is 20.1 Å². The van der Waals surface area contributed by atoms with Crippen LogP contribution in [0.2, 0.25) is 0 Å². The molecule has 2 aromatic carbocycles. The van der Waals surface area contributed by atoms with E-state index in [1.54, 1.807) is 41.9 Å². The second kappa shape index (κ2) is 9.91. The monoisotopic (exact) mass is 561 g/mol. The molecule has 6 rings (SSSR count). The number of benzene rings is 2. The minimum Gasteiger partial charge on any atom is -0.320 e. The molecule has 0 unspecified atom stereocenters. The first-order chi connectivity index (χ1) is 19.0. The molecule has 0 spiro atoms. The molecule has 7 nitrogen and oxygen atoms in total. The van der Waals surface area contributed by atoms with Crippen molar-refractivity contribution >= 4 is 11.6 Å². The van der Waals surface area contributed by atoms with Crippen LogP contribution in [0.25, 0.3) is 0 Å². The molecule has 2 aliphatic carbocycles. The first-order valence-corrected chi connectivity index (χ1v) is 13.2. The van der Waals surface area contributed by atoms with Crippen LogP contribution in [0.3, 0.4) is 0 Å². The third-order valence-electron chi connectivity index (χ3n) is 8.16. The van der Waals surface area contributed by atoms with Gasteiger partial charge in [0, 0.05) is 24.8 Å². The number of fused-ring (bicyclic) bond motifs is 1. The van der Waals surface area contributed by atoms with Gasteiger partial charge in [-0.05, 0) is 79.1 Å². The number of hydrogen-bond acceptors (Lipinski definition) is 5. The second-order valence-corrected chi connectivity index (χ2v) is 11.0. The topological polar surface area (TPSA) is 72.3 Å². The zero-order valence-electron chi connectivity index (χ0n) is 21.7. The van der Waals surface area contributed by atoms with Gasteiger partial charge in [0.25, 0.3) is 5.91 Å². The maximum Gasteiger partial charge on any atom is 0.416 e. The molecular weight excluding hydrogens is 533 g/mol. The molecule has 2 heterocycles. The molecule has 1 N–H and O–H groups in total. The first kappa shape index (κ1) is 26.8. The van der Waals surface area contributed by atoms with Crippen molar-refractivity contribution in [3.05, 3.63) is 76.4 Å². The Hall–Kier alpha value is -3.38. The Balaban J connectivity index is 1.32. The number of anilines is 1. The van der Waals surface area contributed by atoms with Gasteiger partial charge in [0.2, 0.25) is 0 Å². The number of hydrogen-bond donors (Lipinski definition) is 1. The van der Waals surface area contributed by atoms with Crippen molar-refractivity contribution < 1.29 is 31.5 Å². The zero-order chi connectivity index (χ0) is 28.2. The van der Waals surface area contributed by atoms with Crippen molar-refractivity contribution in [2.75, 3.05) is 11.4 Å². The van der Waals surface area contributed by atoms with Crippen molar-refractivity contribution in [3.8, 4) is 0 Å². The van der Waals surface area contributed by atoms with Gasteiger partial charge in [-0.2, -0.15) is 22.0 Å². The molecule has 3 aromatic rings. The largest absolute Gasteiger partial charge is 0.416 e. The smallest absolute Gasteiger partial charge is 0.320 e. The lowest BCUT2D eigenvalue weighted by molar-refractivity contribution is -0.192. The van der Waals surface area contributed by atoms with Gasteiger partial charge < -0.3 is 19.5 Å². The van der Waals surface area contributed by atoms with Gasteiger partial charge in [-0.3, -0.25) is 4.79 Å². The average Bonchev–Trinajstić information content (AvgIpc) is 3.51. The summed E-state index contributed by atoms with van der Waals surface area (Å²) in [7, 11) is 1.75. The van der Waals surface area contributed by atoms with E-state index in [9.17, 15) is 26.7 Å². The molecule has 0 radical (unpaired) electrons. The Morgan fingerprint density at radius 2 is 1.95 bits per heavy atom. The predicted molar refractivity (Wildman–Crippen MR) is 135 cm³/mol. The highest BCUT2D eigenvalue weighted by atomic mass is 19.4. The quantitative estimate of drug-likeness (QED) is 0.365. The lowest BCUT2D eigenvalue weighted by atomic mass is 9.62. The van der Waals surface area contributed by atoms with Crippen LogP contribution in [-0.2, 0) is 36.5 Å². The summed E-state index contributed by atoms with van der Waals surface area (Å²) in [5.41, 5.74) is -0.0851. The summed E-state index contributed by atoms with van der Waals surface area (Å²) in [6.07, 6.45) is -1.12. The molecule has 3 aliphatic rings. The standard InChI is InChI=1S/C28H28F5N5O2/c1-37-15-35-36-25(37)27(10-20(11-27)40-26(29)30)18-3-2-4-19(9-18)38-14-22-21(24(38)39)7-17(8-23(22)28(31,32)33)13-34-12-16-5-6-16/h2-4,7-9,15-16,20,26,34H,5-6,10-14H2,1H3. The summed E-state index contributed by atoms with van der Waals surface area (Å²) in [6, 6.07) is 9.58. The summed E-state index contributed by atoms with van der Waals surface area (Å²) in [4.78, 5) is 14.9. The van der Waals surface area contributed by atoms with Gasteiger partial charge in [-0.1, -0.05) is 12.1 Å². The molecule has 1 aromatic heterocycles. The lowest BCUT2D eigenvalue weighted by Gasteiger charge is -2.46. The zero-order valence-corrected chi connectivity index (χ0v) is 21.7. The lowest BCUT2D eigenvalue weighted by Crippen LogP contribution is -2.49. The fourth-order valence-electron chi connectivity index (χ4n) is 5.97. The van der Waals surface area contributed by atoms with Gasteiger partial charge in [0.15, 0.2) is 0 Å². The van der Waals surface area contributed by atoms with Gasteiger partial charge >= 0.3 is 12.8 Å². The van der Waals surface area contributed by atoms with E-state index in [4.69, 9.17) is 4.74 Å². The molecule has 0 saturated heterocycles. The van der Waals surface area contributed by atoms with Crippen LogP contribution < -0.4 is 10.2 Å². The molecule has 212 valence electrons. The maximum atomic E-state index is 14.1. The number of nitrogens with zero attached hydrogens (tertiary/aromatic N) is 4. The second-order valence-electron chi connectivity index (χ2n) is 11.0. The number of alkyl halides is 5. The number of nitrogens with one attached hydrogen (secondary N) is 1. The van der Waals surface area contributed by atoms with E-state index in [2.05, 4.69) is 15.5 Å². The third kappa shape index (κ3) is 4.87. The Bertz CT molecular complexity index is 1430. The minimum atomic E-state index is -4.62. The highest BCUT2D eigenvalue weighted by Crippen LogP contribution is 2.51. The van der Waals surface area contributed by atoms with Gasteiger partial charge in [0.05, 0.1) is 23.6 Å². The Morgan fingerprint density at radius 1 is 1.18 bits per heavy atom. The number of amides is 1. The molecule has 0 bridgehead atoms. The number of rotatable bonds is 9. The van der Waals surface area contributed by atoms with Gasteiger partial charge in [-0.25, -0.2) is 0 Å². The SMILES string of the molecule is Cn1cnnc1C1(c2cccc(N3Cc4c(cc(CNCC5CC5)cc4C(F)(F)F)C3=O)c2)CC(OC(F)F)C1. The van der Waals surface area contributed by atoms with Crippen LogP contribution in [0, 0.1) is 5.92 Å². The van der Waals surface area contributed by atoms with Crippen LogP contribution in [0.5, 0.6) is 0 Å². The van der Waals surface area contributed by atoms with Crippen LogP contribution in [0.4, 0.5) is 27.6 Å². The van der Waals surface area contributed by atoms with Gasteiger partial charge in [-0.15, -0.1) is 10.2 Å². The van der Waals surface area contributed by atoms with Crippen LogP contribution in [-0.4, -0.2) is 39.9 Å². The van der Waals surface area contributed by atoms with Crippen molar-refractivity contribution in [3.63, 3.8) is 0 Å². The van der Waals surface area contributed by atoms with Crippen LogP contribution in [0.15, 0.2) is 42.7 Å². The predicted octanol–water partition coefficient (Wildman–Crippen LogP) is 5.18.